The average molecular weight is 413 g/mol. The van der Waals surface area contributed by atoms with Crippen LogP contribution in [0.3, 0.4) is 0 Å². The molecule has 3 aromatic rings. The molecule has 0 saturated heterocycles. The SMILES string of the molecule is CC(c1nnc(-c2cccc(Cl)c2)o1)N(C)Cc1ccc(Br)s1. The van der Waals surface area contributed by atoms with Gasteiger partial charge in [0.25, 0.3) is 0 Å². The Hall–Kier alpha value is -1.21. The highest BCUT2D eigenvalue weighted by molar-refractivity contribution is 9.11. The molecule has 3 rings (SSSR count). The lowest BCUT2D eigenvalue weighted by Gasteiger charge is -2.20. The van der Waals surface area contributed by atoms with Gasteiger partial charge in [-0.15, -0.1) is 21.5 Å². The van der Waals surface area contributed by atoms with Crippen LogP contribution >= 0.6 is 38.9 Å². The van der Waals surface area contributed by atoms with E-state index in [9.17, 15) is 0 Å². The number of thiophene rings is 1. The van der Waals surface area contributed by atoms with Gasteiger partial charge in [0.05, 0.1) is 9.83 Å². The fraction of sp³-hybridized carbons (Fsp3) is 0.250. The van der Waals surface area contributed by atoms with E-state index < -0.39 is 0 Å². The van der Waals surface area contributed by atoms with Crippen molar-refractivity contribution in [2.75, 3.05) is 7.05 Å². The predicted octanol–water partition coefficient (Wildman–Crippen LogP) is 5.41. The molecule has 1 unspecified atom stereocenters. The van der Waals surface area contributed by atoms with Crippen molar-refractivity contribution < 1.29 is 4.42 Å². The quantitative estimate of drug-likeness (QED) is 0.562. The molecule has 2 heterocycles. The van der Waals surface area contributed by atoms with Gasteiger partial charge in [-0.25, -0.2) is 0 Å². The number of rotatable bonds is 5. The Balaban J connectivity index is 1.74. The van der Waals surface area contributed by atoms with E-state index in [1.54, 1.807) is 11.3 Å². The Labute approximate surface area is 152 Å². The third kappa shape index (κ3) is 4.01. The first-order valence-corrected chi connectivity index (χ1v) is 9.05. The number of aromatic nitrogens is 2. The molecule has 2 aromatic heterocycles. The summed E-state index contributed by atoms with van der Waals surface area (Å²) in [5.74, 6) is 1.08. The van der Waals surface area contributed by atoms with E-state index in [1.165, 1.54) is 4.88 Å². The molecule has 0 amide bonds. The van der Waals surface area contributed by atoms with Crippen LogP contribution in [0.1, 0.15) is 23.7 Å². The second-order valence-electron chi connectivity index (χ2n) is 5.25. The first-order chi connectivity index (χ1) is 11.0. The normalized spacial score (nSPS) is 12.7. The minimum Gasteiger partial charge on any atom is -0.419 e. The largest absolute Gasteiger partial charge is 0.419 e. The minimum absolute atomic E-state index is 0.0244. The Bertz CT molecular complexity index is 804. The van der Waals surface area contributed by atoms with Gasteiger partial charge in [0.2, 0.25) is 11.8 Å². The van der Waals surface area contributed by atoms with Crippen LogP contribution in [0.4, 0.5) is 0 Å². The lowest BCUT2D eigenvalue weighted by atomic mass is 10.2. The van der Waals surface area contributed by atoms with Gasteiger partial charge in [0.1, 0.15) is 0 Å². The van der Waals surface area contributed by atoms with Crippen molar-refractivity contribution in [3.63, 3.8) is 0 Å². The molecule has 1 aromatic carbocycles. The summed E-state index contributed by atoms with van der Waals surface area (Å²) in [6.07, 6.45) is 0. The first kappa shape index (κ1) is 16.6. The molecule has 0 N–H and O–H groups in total. The van der Waals surface area contributed by atoms with Crippen molar-refractivity contribution in [2.24, 2.45) is 0 Å². The highest BCUT2D eigenvalue weighted by Crippen LogP contribution is 2.28. The molecule has 0 aliphatic heterocycles. The number of halogens is 2. The van der Waals surface area contributed by atoms with Crippen LogP contribution in [0.25, 0.3) is 11.5 Å². The van der Waals surface area contributed by atoms with E-state index in [4.69, 9.17) is 16.0 Å². The predicted molar refractivity (Wildman–Crippen MR) is 96.6 cm³/mol. The van der Waals surface area contributed by atoms with Gasteiger partial charge in [0.15, 0.2) is 0 Å². The molecule has 120 valence electrons. The number of hydrogen-bond acceptors (Lipinski definition) is 5. The van der Waals surface area contributed by atoms with Gasteiger partial charge in [-0.3, -0.25) is 4.90 Å². The maximum absolute atomic E-state index is 6.01. The summed E-state index contributed by atoms with van der Waals surface area (Å²) in [7, 11) is 2.04. The van der Waals surface area contributed by atoms with Crippen LogP contribution in [0.2, 0.25) is 5.02 Å². The van der Waals surface area contributed by atoms with Crippen LogP contribution in [0.5, 0.6) is 0 Å². The number of benzene rings is 1. The maximum atomic E-state index is 6.01. The van der Waals surface area contributed by atoms with Crippen molar-refractivity contribution in [1.82, 2.24) is 15.1 Å². The highest BCUT2D eigenvalue weighted by Gasteiger charge is 2.19. The summed E-state index contributed by atoms with van der Waals surface area (Å²) in [5, 5.41) is 8.97. The van der Waals surface area contributed by atoms with Gasteiger partial charge in [-0.2, -0.15) is 0 Å². The molecule has 23 heavy (non-hydrogen) atoms. The number of nitrogens with zero attached hydrogens (tertiary/aromatic N) is 3. The topological polar surface area (TPSA) is 42.2 Å². The molecule has 7 heteroatoms. The Morgan fingerprint density at radius 3 is 2.83 bits per heavy atom. The Morgan fingerprint density at radius 1 is 1.30 bits per heavy atom. The van der Waals surface area contributed by atoms with Crippen LogP contribution in [-0.4, -0.2) is 22.1 Å². The van der Waals surface area contributed by atoms with Crippen LogP contribution in [-0.2, 0) is 6.54 Å². The molecule has 0 radical (unpaired) electrons. The lowest BCUT2D eigenvalue weighted by molar-refractivity contribution is 0.219. The monoisotopic (exact) mass is 411 g/mol. The van der Waals surface area contributed by atoms with Gasteiger partial charge >= 0.3 is 0 Å². The van der Waals surface area contributed by atoms with Crippen molar-refractivity contribution in [3.05, 3.63) is 56.0 Å². The van der Waals surface area contributed by atoms with Crippen LogP contribution < -0.4 is 0 Å². The first-order valence-electron chi connectivity index (χ1n) is 7.06. The standard InChI is InChI=1S/C16H15BrClN3OS/c1-10(21(2)9-13-6-7-14(17)23-13)15-19-20-16(22-15)11-4-3-5-12(18)8-11/h3-8,10H,9H2,1-2H3. The Kier molecular flexibility index (Phi) is 5.16. The van der Waals surface area contributed by atoms with Gasteiger partial charge in [-0.05, 0) is 60.2 Å². The summed E-state index contributed by atoms with van der Waals surface area (Å²) in [4.78, 5) is 3.45. The maximum Gasteiger partial charge on any atom is 0.247 e. The zero-order chi connectivity index (χ0) is 16.4. The average Bonchev–Trinajstić information content (AvgIpc) is 3.16. The van der Waals surface area contributed by atoms with Gasteiger partial charge in [-0.1, -0.05) is 17.7 Å². The molecule has 0 aliphatic carbocycles. The molecular weight excluding hydrogens is 398 g/mol. The van der Waals surface area contributed by atoms with Crippen molar-refractivity contribution in [2.45, 2.75) is 19.5 Å². The van der Waals surface area contributed by atoms with Gasteiger partial charge in [0, 0.05) is 22.0 Å². The zero-order valence-electron chi connectivity index (χ0n) is 12.7. The molecule has 0 spiro atoms. The summed E-state index contributed by atoms with van der Waals surface area (Å²) in [5.41, 5.74) is 0.827. The Morgan fingerprint density at radius 2 is 2.13 bits per heavy atom. The summed E-state index contributed by atoms with van der Waals surface area (Å²) >= 11 is 11.2. The number of hydrogen-bond donors (Lipinski definition) is 0. The summed E-state index contributed by atoms with van der Waals surface area (Å²) in [6, 6.07) is 11.6. The molecule has 0 fully saturated rings. The van der Waals surface area contributed by atoms with E-state index in [0.717, 1.165) is 15.9 Å². The lowest BCUT2D eigenvalue weighted by Crippen LogP contribution is -2.21. The second kappa shape index (κ2) is 7.13. The molecule has 0 saturated carbocycles. The fourth-order valence-electron chi connectivity index (χ4n) is 2.15. The van der Waals surface area contributed by atoms with E-state index in [0.29, 0.717) is 16.8 Å². The van der Waals surface area contributed by atoms with Crippen molar-refractivity contribution in [1.29, 1.82) is 0 Å². The van der Waals surface area contributed by atoms with Gasteiger partial charge < -0.3 is 4.42 Å². The second-order valence-corrected chi connectivity index (χ2v) is 8.24. The van der Waals surface area contributed by atoms with Crippen LogP contribution in [0.15, 0.2) is 44.6 Å². The van der Waals surface area contributed by atoms with Crippen LogP contribution in [0, 0.1) is 0 Å². The summed E-state index contributed by atoms with van der Waals surface area (Å²) in [6.45, 7) is 2.88. The van der Waals surface area contributed by atoms with Crippen molar-refractivity contribution in [3.8, 4) is 11.5 Å². The molecular formula is C16H15BrClN3OS. The van der Waals surface area contributed by atoms with E-state index in [2.05, 4.69) is 50.1 Å². The summed E-state index contributed by atoms with van der Waals surface area (Å²) < 4.78 is 6.96. The minimum atomic E-state index is 0.0244. The van der Waals surface area contributed by atoms with E-state index in [1.807, 2.05) is 31.3 Å². The van der Waals surface area contributed by atoms with Crippen molar-refractivity contribution >= 4 is 38.9 Å². The molecule has 1 atom stereocenters. The smallest absolute Gasteiger partial charge is 0.247 e. The van der Waals surface area contributed by atoms with E-state index in [-0.39, 0.29) is 6.04 Å². The fourth-order valence-corrected chi connectivity index (χ4v) is 3.89. The molecule has 0 bridgehead atoms. The third-order valence-electron chi connectivity index (χ3n) is 3.56. The highest BCUT2D eigenvalue weighted by atomic mass is 79.9. The van der Waals surface area contributed by atoms with E-state index >= 15 is 0 Å². The molecule has 4 nitrogen and oxygen atoms in total. The zero-order valence-corrected chi connectivity index (χ0v) is 15.8. The third-order valence-corrected chi connectivity index (χ3v) is 5.41. The molecule has 0 aliphatic rings.